The Balaban J connectivity index is 1.99. The highest BCUT2D eigenvalue weighted by atomic mass is 35.5. The van der Waals surface area contributed by atoms with Crippen molar-refractivity contribution in [2.75, 3.05) is 0 Å². The van der Waals surface area contributed by atoms with Gasteiger partial charge in [-0.25, -0.2) is 0 Å². The Morgan fingerprint density at radius 1 is 1.28 bits per heavy atom. The maximum Gasteiger partial charge on any atom is 0.0942 e. The number of aliphatic hydroxyl groups excluding tert-OH is 1. The van der Waals surface area contributed by atoms with Crippen molar-refractivity contribution >= 4 is 11.6 Å². The lowest BCUT2D eigenvalue weighted by molar-refractivity contribution is 0.119. The molecule has 2 atom stereocenters. The lowest BCUT2D eigenvalue weighted by atomic mass is 9.99. The Morgan fingerprint density at radius 2 is 1.89 bits per heavy atom. The van der Waals surface area contributed by atoms with Gasteiger partial charge in [0, 0.05) is 17.1 Å². The van der Waals surface area contributed by atoms with Crippen LogP contribution in [0.4, 0.5) is 0 Å². The van der Waals surface area contributed by atoms with Crippen LogP contribution in [-0.4, -0.2) is 17.2 Å². The molecule has 0 saturated heterocycles. The summed E-state index contributed by atoms with van der Waals surface area (Å²) in [6.07, 6.45) is 5.58. The zero-order chi connectivity index (χ0) is 13.0. The second-order valence-corrected chi connectivity index (χ2v) is 5.60. The molecule has 1 aromatic rings. The Hall–Kier alpha value is -0.570. The van der Waals surface area contributed by atoms with Gasteiger partial charge in [-0.3, -0.25) is 0 Å². The summed E-state index contributed by atoms with van der Waals surface area (Å²) in [6, 6.07) is 8.20. The van der Waals surface area contributed by atoms with Gasteiger partial charge in [0.1, 0.15) is 0 Å². The van der Waals surface area contributed by atoms with Gasteiger partial charge in [0.2, 0.25) is 0 Å². The molecule has 3 heteroatoms. The first-order chi connectivity index (χ1) is 8.70. The highest BCUT2D eigenvalue weighted by Crippen LogP contribution is 2.24. The molecule has 0 aromatic heterocycles. The molecule has 1 aromatic carbocycles. The fourth-order valence-corrected chi connectivity index (χ4v) is 2.85. The molecule has 1 saturated carbocycles. The molecule has 0 spiro atoms. The van der Waals surface area contributed by atoms with Crippen molar-refractivity contribution in [2.24, 2.45) is 0 Å². The maximum atomic E-state index is 10.4. The van der Waals surface area contributed by atoms with E-state index in [-0.39, 0.29) is 6.04 Å². The lowest BCUT2D eigenvalue weighted by Crippen LogP contribution is -2.40. The molecule has 0 aliphatic heterocycles. The minimum absolute atomic E-state index is 0.134. The fraction of sp³-hybridized carbons (Fsp3) is 0.600. The van der Waals surface area contributed by atoms with Crippen LogP contribution in [-0.2, 0) is 0 Å². The molecule has 2 unspecified atom stereocenters. The molecular weight excluding hydrogens is 246 g/mol. The van der Waals surface area contributed by atoms with Crippen molar-refractivity contribution in [3.8, 4) is 0 Å². The molecule has 2 N–H and O–H groups in total. The Morgan fingerprint density at radius 3 is 2.44 bits per heavy atom. The van der Waals surface area contributed by atoms with Gasteiger partial charge in [0.25, 0.3) is 0 Å². The SMILES string of the molecule is CCC(NC1CCCC1)C(O)c1ccc(Cl)cc1. The molecule has 0 bridgehead atoms. The van der Waals surface area contributed by atoms with E-state index in [4.69, 9.17) is 11.6 Å². The molecule has 100 valence electrons. The van der Waals surface area contributed by atoms with E-state index in [1.165, 1.54) is 25.7 Å². The second-order valence-electron chi connectivity index (χ2n) is 5.16. The van der Waals surface area contributed by atoms with E-state index in [0.717, 1.165) is 12.0 Å². The summed E-state index contributed by atoms with van der Waals surface area (Å²) >= 11 is 5.87. The van der Waals surface area contributed by atoms with Crippen LogP contribution < -0.4 is 5.32 Å². The topological polar surface area (TPSA) is 32.3 Å². The average molecular weight is 268 g/mol. The van der Waals surface area contributed by atoms with Crippen LogP contribution in [0.5, 0.6) is 0 Å². The predicted octanol–water partition coefficient (Wildman–Crippen LogP) is 3.68. The number of aliphatic hydroxyl groups is 1. The normalized spacial score (nSPS) is 19.9. The molecule has 1 aliphatic carbocycles. The molecule has 1 fully saturated rings. The van der Waals surface area contributed by atoms with E-state index in [0.29, 0.717) is 11.1 Å². The van der Waals surface area contributed by atoms with Crippen molar-refractivity contribution in [1.82, 2.24) is 5.32 Å². The molecule has 0 amide bonds. The molecule has 2 rings (SSSR count). The Bertz CT molecular complexity index is 359. The van der Waals surface area contributed by atoms with Crippen molar-refractivity contribution in [1.29, 1.82) is 0 Å². The number of hydrogen-bond acceptors (Lipinski definition) is 2. The number of benzene rings is 1. The summed E-state index contributed by atoms with van der Waals surface area (Å²) < 4.78 is 0. The van der Waals surface area contributed by atoms with E-state index in [1.54, 1.807) is 0 Å². The third-order valence-corrected chi connectivity index (χ3v) is 4.09. The standard InChI is InChI=1S/C15H22ClNO/c1-2-14(17-13-5-3-4-6-13)15(18)11-7-9-12(16)10-8-11/h7-10,13-15,17-18H,2-6H2,1H3. The number of hydrogen-bond donors (Lipinski definition) is 2. The average Bonchev–Trinajstić information content (AvgIpc) is 2.89. The first kappa shape index (κ1) is 13.9. The van der Waals surface area contributed by atoms with Gasteiger partial charge in [-0.2, -0.15) is 0 Å². The van der Waals surface area contributed by atoms with Gasteiger partial charge in [-0.15, -0.1) is 0 Å². The van der Waals surface area contributed by atoms with Crippen LogP contribution in [0.3, 0.4) is 0 Å². The number of nitrogens with one attached hydrogen (secondary N) is 1. The zero-order valence-electron chi connectivity index (χ0n) is 10.9. The Labute approximate surface area is 114 Å². The highest BCUT2D eigenvalue weighted by molar-refractivity contribution is 6.30. The van der Waals surface area contributed by atoms with E-state index in [9.17, 15) is 5.11 Å². The summed E-state index contributed by atoms with van der Waals surface area (Å²) in [5, 5.41) is 14.7. The summed E-state index contributed by atoms with van der Waals surface area (Å²) in [5.74, 6) is 0. The largest absolute Gasteiger partial charge is 0.387 e. The number of halogens is 1. The smallest absolute Gasteiger partial charge is 0.0942 e. The maximum absolute atomic E-state index is 10.4. The van der Waals surface area contributed by atoms with Gasteiger partial charge < -0.3 is 10.4 Å². The van der Waals surface area contributed by atoms with Crippen LogP contribution in [0, 0.1) is 0 Å². The van der Waals surface area contributed by atoms with Crippen molar-refractivity contribution in [3.05, 3.63) is 34.9 Å². The van der Waals surface area contributed by atoms with Gasteiger partial charge in [-0.05, 0) is 37.0 Å². The third-order valence-electron chi connectivity index (χ3n) is 3.84. The van der Waals surface area contributed by atoms with Gasteiger partial charge >= 0.3 is 0 Å². The van der Waals surface area contributed by atoms with E-state index < -0.39 is 6.10 Å². The van der Waals surface area contributed by atoms with Crippen LogP contribution in [0.15, 0.2) is 24.3 Å². The predicted molar refractivity (Wildman–Crippen MR) is 75.9 cm³/mol. The highest BCUT2D eigenvalue weighted by Gasteiger charge is 2.24. The van der Waals surface area contributed by atoms with E-state index >= 15 is 0 Å². The molecule has 2 nitrogen and oxygen atoms in total. The van der Waals surface area contributed by atoms with Crippen LogP contribution in [0.25, 0.3) is 0 Å². The third kappa shape index (κ3) is 3.47. The monoisotopic (exact) mass is 267 g/mol. The second kappa shape index (κ2) is 6.55. The molecular formula is C15H22ClNO. The van der Waals surface area contributed by atoms with E-state index in [2.05, 4.69) is 12.2 Å². The van der Waals surface area contributed by atoms with Crippen LogP contribution in [0.2, 0.25) is 5.02 Å². The zero-order valence-corrected chi connectivity index (χ0v) is 11.7. The molecule has 1 aliphatic rings. The summed E-state index contributed by atoms with van der Waals surface area (Å²) in [5.41, 5.74) is 0.941. The lowest BCUT2D eigenvalue weighted by Gasteiger charge is -2.26. The van der Waals surface area contributed by atoms with Gasteiger partial charge in [0.15, 0.2) is 0 Å². The molecule has 18 heavy (non-hydrogen) atoms. The van der Waals surface area contributed by atoms with E-state index in [1.807, 2.05) is 24.3 Å². The van der Waals surface area contributed by atoms with Crippen LogP contribution >= 0.6 is 11.6 Å². The van der Waals surface area contributed by atoms with Crippen molar-refractivity contribution in [3.63, 3.8) is 0 Å². The van der Waals surface area contributed by atoms with Crippen molar-refractivity contribution < 1.29 is 5.11 Å². The fourth-order valence-electron chi connectivity index (χ4n) is 2.72. The summed E-state index contributed by atoms with van der Waals surface area (Å²) in [4.78, 5) is 0. The first-order valence-electron chi connectivity index (χ1n) is 6.90. The molecule has 0 radical (unpaired) electrons. The quantitative estimate of drug-likeness (QED) is 0.853. The summed E-state index contributed by atoms with van der Waals surface area (Å²) in [7, 11) is 0. The number of rotatable bonds is 5. The minimum atomic E-state index is -0.451. The Kier molecular flexibility index (Phi) is 5.04. The molecule has 0 heterocycles. The van der Waals surface area contributed by atoms with Crippen molar-refractivity contribution in [2.45, 2.75) is 57.2 Å². The van der Waals surface area contributed by atoms with Gasteiger partial charge in [0.05, 0.1) is 6.10 Å². The first-order valence-corrected chi connectivity index (χ1v) is 7.28. The minimum Gasteiger partial charge on any atom is -0.387 e. The summed E-state index contributed by atoms with van der Waals surface area (Å²) in [6.45, 7) is 2.12. The van der Waals surface area contributed by atoms with Gasteiger partial charge in [-0.1, -0.05) is 43.5 Å². The van der Waals surface area contributed by atoms with Crippen LogP contribution in [0.1, 0.15) is 50.7 Å².